The Kier molecular flexibility index (Phi) is 6.63. The summed E-state index contributed by atoms with van der Waals surface area (Å²) in [6.45, 7) is 8.29. The summed E-state index contributed by atoms with van der Waals surface area (Å²) in [5.74, 6) is 1.47. The number of hydrogen-bond acceptors (Lipinski definition) is 3. The Morgan fingerprint density at radius 1 is 1.24 bits per heavy atom. The van der Waals surface area contributed by atoms with Gasteiger partial charge in [0.15, 0.2) is 0 Å². The zero-order chi connectivity index (χ0) is 18.2. The lowest BCUT2D eigenvalue weighted by Crippen LogP contribution is -2.26. The number of carbonyl (C=O) groups excluding carboxylic acids is 1. The predicted molar refractivity (Wildman–Crippen MR) is 100 cm³/mol. The molecule has 1 N–H and O–H groups in total. The van der Waals surface area contributed by atoms with Crippen LogP contribution in [0.1, 0.15) is 41.4 Å². The minimum Gasteiger partial charge on any atom is -0.496 e. The van der Waals surface area contributed by atoms with Gasteiger partial charge in [0.2, 0.25) is 0 Å². The van der Waals surface area contributed by atoms with E-state index in [4.69, 9.17) is 9.47 Å². The van der Waals surface area contributed by atoms with Gasteiger partial charge in [-0.2, -0.15) is 0 Å². The van der Waals surface area contributed by atoms with Crippen LogP contribution in [0.3, 0.4) is 0 Å². The van der Waals surface area contributed by atoms with Gasteiger partial charge in [-0.25, -0.2) is 0 Å². The van der Waals surface area contributed by atoms with Gasteiger partial charge in [-0.05, 0) is 61.7 Å². The van der Waals surface area contributed by atoms with Gasteiger partial charge >= 0.3 is 0 Å². The van der Waals surface area contributed by atoms with E-state index in [0.717, 1.165) is 22.6 Å². The van der Waals surface area contributed by atoms with Crippen LogP contribution in [0.15, 0.2) is 55.1 Å². The van der Waals surface area contributed by atoms with Crippen LogP contribution in [0.25, 0.3) is 0 Å². The van der Waals surface area contributed by atoms with Crippen molar-refractivity contribution < 1.29 is 14.3 Å². The third kappa shape index (κ3) is 4.86. The number of nitrogens with one attached hydrogen (secondary N) is 1. The van der Waals surface area contributed by atoms with E-state index in [1.165, 1.54) is 0 Å². The fraction of sp³-hybridized carbons (Fsp3) is 0.286. The monoisotopic (exact) mass is 339 g/mol. The quantitative estimate of drug-likeness (QED) is 0.729. The summed E-state index contributed by atoms with van der Waals surface area (Å²) in [5, 5.41) is 3.02. The summed E-state index contributed by atoms with van der Waals surface area (Å²) in [6.07, 6.45) is 2.45. The van der Waals surface area contributed by atoms with Crippen molar-refractivity contribution in [3.8, 4) is 11.5 Å². The van der Waals surface area contributed by atoms with Gasteiger partial charge in [-0.15, -0.1) is 6.58 Å². The van der Waals surface area contributed by atoms with E-state index >= 15 is 0 Å². The average molecular weight is 339 g/mol. The Balaban J connectivity index is 2.10. The van der Waals surface area contributed by atoms with E-state index in [1.807, 2.05) is 50.2 Å². The first kappa shape index (κ1) is 18.6. The number of carbonyl (C=O) groups is 1. The average Bonchev–Trinajstić information content (AvgIpc) is 2.62. The Morgan fingerprint density at radius 3 is 2.56 bits per heavy atom. The fourth-order valence-electron chi connectivity index (χ4n) is 2.62. The standard InChI is InChI=1S/C21H25NO3/c1-5-7-17-14-18(10-13-20(17)24-4)21(23)22-15(3)16-8-11-19(12-9-16)25-6-2/h5,8-15H,1,6-7H2,2-4H3,(H,22,23)/t15-/m0/s1. The number of ether oxygens (including phenoxy) is 2. The molecule has 0 bridgehead atoms. The van der Waals surface area contributed by atoms with Crippen molar-refractivity contribution in [3.05, 3.63) is 71.8 Å². The molecule has 2 aromatic rings. The van der Waals surface area contributed by atoms with E-state index in [0.29, 0.717) is 18.6 Å². The molecule has 4 heteroatoms. The SMILES string of the molecule is C=CCc1cc(C(=O)N[C@@H](C)c2ccc(OCC)cc2)ccc1OC. The molecular formula is C21H25NO3. The van der Waals surface area contributed by atoms with E-state index in [1.54, 1.807) is 19.3 Å². The number of benzene rings is 2. The van der Waals surface area contributed by atoms with Crippen LogP contribution in [0, 0.1) is 0 Å². The van der Waals surface area contributed by atoms with Gasteiger partial charge in [0.25, 0.3) is 5.91 Å². The van der Waals surface area contributed by atoms with E-state index in [-0.39, 0.29) is 11.9 Å². The predicted octanol–water partition coefficient (Wildman–Crippen LogP) is 4.31. The van der Waals surface area contributed by atoms with Crippen LogP contribution in [-0.2, 0) is 6.42 Å². The lowest BCUT2D eigenvalue weighted by molar-refractivity contribution is 0.0939. The zero-order valence-electron chi connectivity index (χ0n) is 15.0. The minimum atomic E-state index is -0.116. The second-order valence-electron chi connectivity index (χ2n) is 5.72. The van der Waals surface area contributed by atoms with E-state index in [9.17, 15) is 4.79 Å². The molecule has 0 radical (unpaired) electrons. The van der Waals surface area contributed by atoms with Gasteiger partial charge < -0.3 is 14.8 Å². The highest BCUT2D eigenvalue weighted by Gasteiger charge is 2.13. The highest BCUT2D eigenvalue weighted by Crippen LogP contribution is 2.22. The maximum atomic E-state index is 12.6. The normalized spacial score (nSPS) is 11.5. The van der Waals surface area contributed by atoms with Gasteiger partial charge in [-0.3, -0.25) is 4.79 Å². The molecule has 0 spiro atoms. The fourth-order valence-corrected chi connectivity index (χ4v) is 2.62. The van der Waals surface area contributed by atoms with Gasteiger partial charge in [0, 0.05) is 5.56 Å². The smallest absolute Gasteiger partial charge is 0.251 e. The van der Waals surface area contributed by atoms with Crippen LogP contribution in [-0.4, -0.2) is 19.6 Å². The third-order valence-electron chi connectivity index (χ3n) is 3.95. The first-order valence-corrected chi connectivity index (χ1v) is 8.40. The molecule has 25 heavy (non-hydrogen) atoms. The summed E-state index contributed by atoms with van der Waals surface area (Å²) in [7, 11) is 1.62. The molecule has 0 aliphatic carbocycles. The molecule has 0 fully saturated rings. The minimum absolute atomic E-state index is 0.104. The van der Waals surface area contributed by atoms with Crippen LogP contribution in [0.5, 0.6) is 11.5 Å². The lowest BCUT2D eigenvalue weighted by Gasteiger charge is -2.16. The molecule has 1 atom stereocenters. The summed E-state index contributed by atoms with van der Waals surface area (Å²) in [4.78, 5) is 12.6. The van der Waals surface area contributed by atoms with Crippen molar-refractivity contribution in [2.75, 3.05) is 13.7 Å². The van der Waals surface area contributed by atoms with Crippen molar-refractivity contribution in [1.29, 1.82) is 0 Å². The highest BCUT2D eigenvalue weighted by molar-refractivity contribution is 5.94. The first-order valence-electron chi connectivity index (χ1n) is 8.40. The van der Waals surface area contributed by atoms with Crippen molar-refractivity contribution in [3.63, 3.8) is 0 Å². The summed E-state index contributed by atoms with van der Waals surface area (Å²) >= 11 is 0. The van der Waals surface area contributed by atoms with Crippen LogP contribution in [0.2, 0.25) is 0 Å². The molecule has 2 aromatic carbocycles. The molecule has 0 heterocycles. The zero-order valence-corrected chi connectivity index (χ0v) is 15.0. The number of hydrogen-bond donors (Lipinski definition) is 1. The molecule has 2 rings (SSSR count). The van der Waals surface area contributed by atoms with Crippen LogP contribution in [0.4, 0.5) is 0 Å². The van der Waals surface area contributed by atoms with Crippen LogP contribution >= 0.6 is 0 Å². The Labute approximate surface area is 149 Å². The van der Waals surface area contributed by atoms with E-state index < -0.39 is 0 Å². The molecule has 0 aliphatic heterocycles. The Morgan fingerprint density at radius 2 is 1.96 bits per heavy atom. The van der Waals surface area contributed by atoms with Gasteiger partial charge in [0.1, 0.15) is 11.5 Å². The second-order valence-corrected chi connectivity index (χ2v) is 5.72. The summed E-state index contributed by atoms with van der Waals surface area (Å²) in [5.41, 5.74) is 2.57. The molecule has 0 aromatic heterocycles. The van der Waals surface area contributed by atoms with Crippen molar-refractivity contribution >= 4 is 5.91 Å². The number of rotatable bonds is 8. The van der Waals surface area contributed by atoms with Gasteiger partial charge in [0.05, 0.1) is 19.8 Å². The maximum absolute atomic E-state index is 12.6. The molecule has 132 valence electrons. The molecule has 0 saturated heterocycles. The van der Waals surface area contributed by atoms with Crippen molar-refractivity contribution in [2.45, 2.75) is 26.3 Å². The Hall–Kier alpha value is -2.75. The molecule has 0 saturated carbocycles. The third-order valence-corrected chi connectivity index (χ3v) is 3.95. The number of allylic oxidation sites excluding steroid dienone is 1. The Bertz CT molecular complexity index is 722. The summed E-state index contributed by atoms with van der Waals surface area (Å²) < 4.78 is 10.8. The highest BCUT2D eigenvalue weighted by atomic mass is 16.5. The lowest BCUT2D eigenvalue weighted by atomic mass is 10.0. The summed E-state index contributed by atoms with van der Waals surface area (Å²) in [6, 6.07) is 13.1. The first-order chi connectivity index (χ1) is 12.1. The van der Waals surface area contributed by atoms with E-state index in [2.05, 4.69) is 11.9 Å². The molecular weight excluding hydrogens is 314 g/mol. The molecule has 1 amide bonds. The number of methoxy groups -OCH3 is 1. The largest absolute Gasteiger partial charge is 0.496 e. The molecule has 0 unspecified atom stereocenters. The number of amides is 1. The topological polar surface area (TPSA) is 47.6 Å². The van der Waals surface area contributed by atoms with Crippen molar-refractivity contribution in [1.82, 2.24) is 5.32 Å². The molecule has 4 nitrogen and oxygen atoms in total. The maximum Gasteiger partial charge on any atom is 0.251 e. The molecule has 0 aliphatic rings. The van der Waals surface area contributed by atoms with Crippen LogP contribution < -0.4 is 14.8 Å². The second kappa shape index (κ2) is 8.92. The van der Waals surface area contributed by atoms with Gasteiger partial charge in [-0.1, -0.05) is 18.2 Å². The van der Waals surface area contributed by atoms with Crippen molar-refractivity contribution in [2.24, 2.45) is 0 Å².